The van der Waals surface area contributed by atoms with Gasteiger partial charge in [0.1, 0.15) is 11.4 Å². The first-order valence-electron chi connectivity index (χ1n) is 8.32. The number of imidazole rings is 1. The molecular weight excluding hydrogens is 380 g/mol. The summed E-state index contributed by atoms with van der Waals surface area (Å²) < 4.78 is 0. The summed E-state index contributed by atoms with van der Waals surface area (Å²) in [6, 6.07) is 18.7. The van der Waals surface area contributed by atoms with Crippen molar-refractivity contribution >= 4 is 39.9 Å². The van der Waals surface area contributed by atoms with Gasteiger partial charge in [0.05, 0.1) is 16.0 Å². The lowest BCUT2D eigenvalue weighted by molar-refractivity contribution is -0.385. The zero-order chi connectivity index (χ0) is 19.7. The minimum atomic E-state index is -0.633. The normalized spacial score (nSPS) is 10.8. The van der Waals surface area contributed by atoms with Crippen LogP contribution in [0.5, 0.6) is 0 Å². The van der Waals surface area contributed by atoms with Crippen molar-refractivity contribution in [1.82, 2.24) is 9.97 Å². The van der Waals surface area contributed by atoms with E-state index in [2.05, 4.69) is 15.3 Å². The molecule has 0 aliphatic carbocycles. The van der Waals surface area contributed by atoms with Gasteiger partial charge in [-0.1, -0.05) is 23.7 Å². The minimum Gasteiger partial charge on any atom is -0.338 e. The van der Waals surface area contributed by atoms with Crippen LogP contribution >= 0.6 is 11.6 Å². The molecule has 0 atom stereocenters. The molecule has 1 amide bonds. The molecule has 28 heavy (non-hydrogen) atoms. The Morgan fingerprint density at radius 2 is 1.82 bits per heavy atom. The number of aromatic amines is 1. The molecule has 0 bridgehead atoms. The van der Waals surface area contributed by atoms with Gasteiger partial charge < -0.3 is 10.3 Å². The number of fused-ring (bicyclic) bond motifs is 1. The summed E-state index contributed by atoms with van der Waals surface area (Å²) in [5.74, 6) is 0.132. The molecule has 8 heteroatoms. The number of nitrogens with one attached hydrogen (secondary N) is 2. The van der Waals surface area contributed by atoms with E-state index in [4.69, 9.17) is 11.6 Å². The highest BCUT2D eigenvalue weighted by Gasteiger charge is 2.20. The molecule has 0 saturated heterocycles. The average Bonchev–Trinajstić information content (AvgIpc) is 3.12. The Hall–Kier alpha value is -3.71. The van der Waals surface area contributed by atoms with Gasteiger partial charge in [0.25, 0.3) is 11.6 Å². The number of anilines is 1. The first-order chi connectivity index (χ1) is 13.5. The molecular formula is C20H13ClN4O3. The van der Waals surface area contributed by atoms with Crippen molar-refractivity contribution in [1.29, 1.82) is 0 Å². The second-order valence-corrected chi connectivity index (χ2v) is 6.49. The maximum absolute atomic E-state index is 12.4. The maximum atomic E-state index is 12.4. The Balaban J connectivity index is 1.56. The molecule has 0 fully saturated rings. The van der Waals surface area contributed by atoms with Crippen molar-refractivity contribution in [3.63, 3.8) is 0 Å². The predicted molar refractivity (Wildman–Crippen MR) is 108 cm³/mol. The number of nitrogens with zero attached hydrogens (tertiary/aromatic N) is 2. The Bertz CT molecular complexity index is 1170. The van der Waals surface area contributed by atoms with Crippen LogP contribution < -0.4 is 5.32 Å². The van der Waals surface area contributed by atoms with Gasteiger partial charge in [-0.15, -0.1) is 0 Å². The zero-order valence-electron chi connectivity index (χ0n) is 14.3. The Morgan fingerprint density at radius 1 is 1.07 bits per heavy atom. The third-order valence-corrected chi connectivity index (χ3v) is 4.44. The molecule has 0 saturated carbocycles. The van der Waals surface area contributed by atoms with E-state index in [0.717, 1.165) is 22.7 Å². The van der Waals surface area contributed by atoms with E-state index in [9.17, 15) is 14.9 Å². The summed E-state index contributed by atoms with van der Waals surface area (Å²) in [5.41, 5.74) is 2.76. The molecule has 1 aromatic heterocycles. The van der Waals surface area contributed by atoms with Crippen LogP contribution in [0.3, 0.4) is 0 Å². The number of carbonyl (C=O) groups is 1. The molecule has 0 unspecified atom stereocenters. The standard InChI is InChI=1S/C20H13ClN4O3/c21-13-7-10-15(18(11-13)25(27)28)20(26)22-14-8-5-12(6-9-14)19-23-16-3-1-2-4-17(16)24-19/h1-11H,(H,22,26)(H,23,24). The fraction of sp³-hybridized carbons (Fsp3) is 0. The summed E-state index contributed by atoms with van der Waals surface area (Å²) >= 11 is 5.79. The van der Waals surface area contributed by atoms with E-state index in [-0.39, 0.29) is 16.3 Å². The number of amides is 1. The lowest BCUT2D eigenvalue weighted by Crippen LogP contribution is -2.13. The monoisotopic (exact) mass is 392 g/mol. The van der Waals surface area contributed by atoms with Crippen molar-refractivity contribution in [2.24, 2.45) is 0 Å². The Morgan fingerprint density at radius 3 is 2.54 bits per heavy atom. The van der Waals surface area contributed by atoms with Gasteiger partial charge in [0, 0.05) is 22.3 Å². The minimum absolute atomic E-state index is 0.0595. The van der Waals surface area contributed by atoms with Crippen molar-refractivity contribution in [3.05, 3.63) is 87.4 Å². The molecule has 4 rings (SSSR count). The molecule has 0 radical (unpaired) electrons. The molecule has 2 N–H and O–H groups in total. The van der Waals surface area contributed by atoms with Gasteiger partial charge >= 0.3 is 0 Å². The van der Waals surface area contributed by atoms with E-state index in [1.165, 1.54) is 12.1 Å². The SMILES string of the molecule is O=C(Nc1ccc(-c2nc3ccccc3[nH]2)cc1)c1ccc(Cl)cc1[N+](=O)[O-]. The van der Waals surface area contributed by atoms with Crippen LogP contribution in [0.25, 0.3) is 22.4 Å². The largest absolute Gasteiger partial charge is 0.338 e. The molecule has 3 aromatic carbocycles. The fourth-order valence-corrected chi connectivity index (χ4v) is 3.01. The number of nitro groups is 1. The topological polar surface area (TPSA) is 101 Å². The quantitative estimate of drug-likeness (QED) is 0.375. The highest BCUT2D eigenvalue weighted by molar-refractivity contribution is 6.31. The lowest BCUT2D eigenvalue weighted by atomic mass is 10.1. The van der Waals surface area contributed by atoms with Gasteiger partial charge in [0.15, 0.2) is 0 Å². The number of aromatic nitrogens is 2. The smallest absolute Gasteiger partial charge is 0.283 e. The summed E-state index contributed by atoms with van der Waals surface area (Å²) in [6.45, 7) is 0. The van der Waals surface area contributed by atoms with E-state index in [1.807, 2.05) is 36.4 Å². The van der Waals surface area contributed by atoms with Crippen LogP contribution in [-0.4, -0.2) is 20.8 Å². The van der Waals surface area contributed by atoms with Crippen LogP contribution in [0.15, 0.2) is 66.7 Å². The third-order valence-electron chi connectivity index (χ3n) is 4.21. The highest BCUT2D eigenvalue weighted by Crippen LogP contribution is 2.25. The number of rotatable bonds is 4. The van der Waals surface area contributed by atoms with E-state index in [1.54, 1.807) is 12.1 Å². The first-order valence-corrected chi connectivity index (χ1v) is 8.69. The predicted octanol–water partition coefficient (Wildman–Crippen LogP) is 5.04. The zero-order valence-corrected chi connectivity index (χ0v) is 15.1. The second kappa shape index (κ2) is 7.13. The number of hydrogen-bond acceptors (Lipinski definition) is 4. The lowest BCUT2D eigenvalue weighted by Gasteiger charge is -2.07. The number of para-hydroxylation sites is 2. The highest BCUT2D eigenvalue weighted by atomic mass is 35.5. The van der Waals surface area contributed by atoms with Crippen LogP contribution in [-0.2, 0) is 0 Å². The number of halogens is 1. The number of carbonyl (C=O) groups excluding carboxylic acids is 1. The van der Waals surface area contributed by atoms with Crippen molar-refractivity contribution in [2.45, 2.75) is 0 Å². The van der Waals surface area contributed by atoms with Gasteiger partial charge in [-0.25, -0.2) is 4.98 Å². The maximum Gasteiger partial charge on any atom is 0.283 e. The van der Waals surface area contributed by atoms with Gasteiger partial charge in [0.2, 0.25) is 0 Å². The van der Waals surface area contributed by atoms with Gasteiger partial charge in [-0.05, 0) is 48.5 Å². The summed E-state index contributed by atoms with van der Waals surface area (Å²) in [7, 11) is 0. The number of benzene rings is 3. The summed E-state index contributed by atoms with van der Waals surface area (Å²) in [5, 5.41) is 14.0. The van der Waals surface area contributed by atoms with Crippen molar-refractivity contribution < 1.29 is 9.72 Å². The Labute approximate surface area is 164 Å². The number of H-pyrrole nitrogens is 1. The fourth-order valence-electron chi connectivity index (χ4n) is 2.85. The molecule has 1 heterocycles. The number of hydrogen-bond donors (Lipinski definition) is 2. The van der Waals surface area contributed by atoms with Gasteiger partial charge in [-0.2, -0.15) is 0 Å². The van der Waals surface area contributed by atoms with Crippen LogP contribution in [0.1, 0.15) is 10.4 Å². The van der Waals surface area contributed by atoms with Crippen LogP contribution in [0.2, 0.25) is 5.02 Å². The molecule has 0 aliphatic heterocycles. The molecule has 138 valence electrons. The van der Waals surface area contributed by atoms with E-state index >= 15 is 0 Å². The second-order valence-electron chi connectivity index (χ2n) is 6.05. The first kappa shape index (κ1) is 17.7. The molecule has 7 nitrogen and oxygen atoms in total. The van der Waals surface area contributed by atoms with E-state index in [0.29, 0.717) is 11.5 Å². The Kier molecular flexibility index (Phi) is 4.50. The van der Waals surface area contributed by atoms with Gasteiger partial charge in [-0.3, -0.25) is 14.9 Å². The summed E-state index contributed by atoms with van der Waals surface area (Å²) in [4.78, 5) is 30.7. The molecule has 4 aromatic rings. The molecule has 0 spiro atoms. The van der Waals surface area contributed by atoms with Crippen LogP contribution in [0.4, 0.5) is 11.4 Å². The summed E-state index contributed by atoms with van der Waals surface area (Å²) in [6.07, 6.45) is 0. The molecule has 0 aliphatic rings. The average molecular weight is 393 g/mol. The van der Waals surface area contributed by atoms with Crippen molar-refractivity contribution in [2.75, 3.05) is 5.32 Å². The van der Waals surface area contributed by atoms with Crippen molar-refractivity contribution in [3.8, 4) is 11.4 Å². The van der Waals surface area contributed by atoms with E-state index < -0.39 is 10.8 Å². The van der Waals surface area contributed by atoms with Crippen LogP contribution in [0, 0.1) is 10.1 Å². The third kappa shape index (κ3) is 3.43. The number of nitro benzene ring substituents is 1.